The lowest BCUT2D eigenvalue weighted by Crippen LogP contribution is -2.06. The summed E-state index contributed by atoms with van der Waals surface area (Å²) in [7, 11) is 1.63. The van der Waals surface area contributed by atoms with Crippen molar-refractivity contribution in [3.63, 3.8) is 0 Å². The highest BCUT2D eigenvalue weighted by atomic mass is 16.5. The maximum Gasteiger partial charge on any atom is 0.144 e. The number of aromatic nitrogens is 2. The molecule has 0 spiro atoms. The van der Waals surface area contributed by atoms with E-state index >= 15 is 0 Å². The maximum absolute atomic E-state index is 11.9. The molecule has 3 aromatic rings. The van der Waals surface area contributed by atoms with Gasteiger partial charge in [-0.15, -0.1) is 0 Å². The first-order valence-electron chi connectivity index (χ1n) is 7.97. The van der Waals surface area contributed by atoms with Crippen LogP contribution in [0.5, 0.6) is 5.75 Å². The number of nitriles is 1. The Morgan fingerprint density at radius 3 is 2.60 bits per heavy atom. The zero-order chi connectivity index (χ0) is 17.4. The number of Topliss-reactive ketones (excluding diaryl/α,β-unsaturated/α-hetero) is 1. The zero-order valence-electron chi connectivity index (χ0n) is 13.7. The molecule has 5 nitrogen and oxygen atoms in total. The Morgan fingerprint density at radius 2 is 1.88 bits per heavy atom. The Labute approximate surface area is 145 Å². The Balaban J connectivity index is 1.95. The van der Waals surface area contributed by atoms with Crippen molar-refractivity contribution in [2.75, 3.05) is 7.11 Å². The van der Waals surface area contributed by atoms with Crippen molar-refractivity contribution < 1.29 is 9.53 Å². The third-order valence-corrected chi connectivity index (χ3v) is 4.41. The quantitative estimate of drug-likeness (QED) is 0.740. The van der Waals surface area contributed by atoms with Gasteiger partial charge in [-0.05, 0) is 24.3 Å². The highest BCUT2D eigenvalue weighted by Crippen LogP contribution is 2.35. The van der Waals surface area contributed by atoms with Gasteiger partial charge >= 0.3 is 0 Å². The molecule has 0 saturated carbocycles. The van der Waals surface area contributed by atoms with E-state index in [-0.39, 0.29) is 5.78 Å². The fraction of sp³-hybridized carbons (Fsp3) is 0.150. The van der Waals surface area contributed by atoms with Crippen LogP contribution in [-0.2, 0) is 17.6 Å². The second kappa shape index (κ2) is 5.91. The minimum absolute atomic E-state index is 0.180. The average Bonchev–Trinajstić information content (AvgIpc) is 3.17. The number of hydrogen-bond donors (Lipinski definition) is 0. The fourth-order valence-electron chi connectivity index (χ4n) is 3.25. The van der Waals surface area contributed by atoms with E-state index in [1.807, 2.05) is 41.1 Å². The van der Waals surface area contributed by atoms with Gasteiger partial charge in [-0.3, -0.25) is 4.79 Å². The van der Waals surface area contributed by atoms with Crippen LogP contribution in [0.2, 0.25) is 0 Å². The van der Waals surface area contributed by atoms with E-state index in [9.17, 15) is 4.79 Å². The number of carbonyl (C=O) groups is 1. The van der Waals surface area contributed by atoms with Crippen molar-refractivity contribution in [3.05, 3.63) is 65.4 Å². The van der Waals surface area contributed by atoms with Gasteiger partial charge in [0, 0.05) is 17.5 Å². The van der Waals surface area contributed by atoms with Gasteiger partial charge in [-0.2, -0.15) is 10.4 Å². The van der Waals surface area contributed by atoms with Crippen LogP contribution in [0.25, 0.3) is 16.9 Å². The van der Waals surface area contributed by atoms with Crippen LogP contribution in [0.15, 0.2) is 48.5 Å². The topological polar surface area (TPSA) is 67.9 Å². The first-order chi connectivity index (χ1) is 12.2. The summed E-state index contributed by atoms with van der Waals surface area (Å²) in [5.74, 6) is 0.893. The SMILES string of the molecule is COc1ccccc1-n1nc2c(c1-c1ccc(C#N)cc1)CC(=O)C2. The molecule has 0 N–H and O–H groups in total. The minimum atomic E-state index is 0.180. The van der Waals surface area contributed by atoms with Crippen LogP contribution >= 0.6 is 0 Å². The number of para-hydroxylation sites is 2. The molecule has 0 saturated heterocycles. The highest BCUT2D eigenvalue weighted by Gasteiger charge is 2.29. The molecule has 1 aromatic heterocycles. The van der Waals surface area contributed by atoms with Crippen LogP contribution < -0.4 is 4.74 Å². The molecule has 0 unspecified atom stereocenters. The van der Waals surface area contributed by atoms with Crippen molar-refractivity contribution in [2.45, 2.75) is 12.8 Å². The summed E-state index contributed by atoms with van der Waals surface area (Å²) >= 11 is 0. The molecule has 1 heterocycles. The lowest BCUT2D eigenvalue weighted by atomic mass is 10.0. The number of methoxy groups -OCH3 is 1. The van der Waals surface area contributed by atoms with Gasteiger partial charge in [-0.25, -0.2) is 4.68 Å². The van der Waals surface area contributed by atoms with Crippen molar-refractivity contribution in [3.8, 4) is 28.8 Å². The van der Waals surface area contributed by atoms with Crippen molar-refractivity contribution in [1.82, 2.24) is 9.78 Å². The summed E-state index contributed by atoms with van der Waals surface area (Å²) in [5, 5.41) is 13.7. The number of nitrogens with zero attached hydrogens (tertiary/aromatic N) is 3. The lowest BCUT2D eigenvalue weighted by Gasteiger charge is -2.13. The van der Waals surface area contributed by atoms with Gasteiger partial charge in [0.1, 0.15) is 17.2 Å². The lowest BCUT2D eigenvalue weighted by molar-refractivity contribution is -0.117. The minimum Gasteiger partial charge on any atom is -0.494 e. The molecule has 25 heavy (non-hydrogen) atoms. The van der Waals surface area contributed by atoms with E-state index < -0.39 is 0 Å². The first kappa shape index (κ1) is 15.2. The van der Waals surface area contributed by atoms with Crippen LogP contribution in [0, 0.1) is 11.3 Å². The molecular formula is C20H15N3O2. The van der Waals surface area contributed by atoms with Gasteiger partial charge in [0.05, 0.1) is 36.6 Å². The molecule has 0 amide bonds. The molecule has 0 bridgehead atoms. The van der Waals surface area contributed by atoms with E-state index in [0.717, 1.165) is 28.2 Å². The first-order valence-corrected chi connectivity index (χ1v) is 7.97. The van der Waals surface area contributed by atoms with Gasteiger partial charge < -0.3 is 4.74 Å². The summed E-state index contributed by atoms with van der Waals surface area (Å²) in [6.45, 7) is 0. The smallest absolute Gasteiger partial charge is 0.144 e. The number of ketones is 1. The Morgan fingerprint density at radius 1 is 1.12 bits per heavy atom. The van der Waals surface area contributed by atoms with E-state index in [1.165, 1.54) is 0 Å². The second-order valence-electron chi connectivity index (χ2n) is 5.94. The number of rotatable bonds is 3. The number of fused-ring (bicyclic) bond motifs is 1. The summed E-state index contributed by atoms with van der Waals surface area (Å²) in [5.41, 5.74) is 5.00. The third-order valence-electron chi connectivity index (χ3n) is 4.41. The summed E-state index contributed by atoms with van der Waals surface area (Å²) in [6.07, 6.45) is 0.751. The molecule has 1 aliphatic rings. The Hall–Kier alpha value is -3.39. The van der Waals surface area contributed by atoms with E-state index in [0.29, 0.717) is 24.2 Å². The summed E-state index contributed by atoms with van der Waals surface area (Å²) in [6, 6.07) is 17.1. The number of hydrogen-bond acceptors (Lipinski definition) is 4. The average molecular weight is 329 g/mol. The van der Waals surface area contributed by atoms with Crippen LogP contribution in [0.1, 0.15) is 16.8 Å². The predicted octanol–water partition coefficient (Wildman–Crippen LogP) is 3.09. The van der Waals surface area contributed by atoms with Gasteiger partial charge in [-0.1, -0.05) is 24.3 Å². The van der Waals surface area contributed by atoms with Crippen molar-refractivity contribution in [1.29, 1.82) is 5.26 Å². The van der Waals surface area contributed by atoms with Crippen molar-refractivity contribution in [2.24, 2.45) is 0 Å². The Kier molecular flexibility index (Phi) is 3.58. The number of carbonyl (C=O) groups excluding carboxylic acids is 1. The molecule has 0 aliphatic heterocycles. The highest BCUT2D eigenvalue weighted by molar-refractivity contribution is 5.90. The predicted molar refractivity (Wildman–Crippen MR) is 92.7 cm³/mol. The van der Waals surface area contributed by atoms with E-state index in [2.05, 4.69) is 11.2 Å². The monoisotopic (exact) mass is 329 g/mol. The molecule has 5 heteroatoms. The molecule has 4 rings (SSSR count). The molecule has 0 atom stereocenters. The van der Waals surface area contributed by atoms with Gasteiger partial charge in [0.2, 0.25) is 0 Å². The fourth-order valence-corrected chi connectivity index (χ4v) is 3.25. The third kappa shape index (κ3) is 2.48. The molecule has 1 aliphatic carbocycles. The molecule has 2 aromatic carbocycles. The van der Waals surface area contributed by atoms with Gasteiger partial charge in [0.15, 0.2) is 0 Å². The molecule has 122 valence electrons. The number of benzene rings is 2. The van der Waals surface area contributed by atoms with Gasteiger partial charge in [0.25, 0.3) is 0 Å². The second-order valence-corrected chi connectivity index (χ2v) is 5.94. The summed E-state index contributed by atoms with van der Waals surface area (Å²) in [4.78, 5) is 11.9. The molecular weight excluding hydrogens is 314 g/mol. The van der Waals surface area contributed by atoms with Crippen LogP contribution in [0.3, 0.4) is 0 Å². The van der Waals surface area contributed by atoms with E-state index in [1.54, 1.807) is 19.2 Å². The standard InChI is InChI=1S/C20H15N3O2/c1-25-19-5-3-2-4-18(19)23-20(14-8-6-13(12-21)7-9-14)16-10-15(24)11-17(16)22-23/h2-9H,10-11H2,1H3. The Bertz CT molecular complexity index is 1010. The van der Waals surface area contributed by atoms with Crippen molar-refractivity contribution >= 4 is 5.78 Å². The normalized spacial score (nSPS) is 12.7. The maximum atomic E-state index is 11.9. The number of ether oxygens (including phenoxy) is 1. The van der Waals surface area contributed by atoms with Crippen LogP contribution in [-0.4, -0.2) is 22.7 Å². The van der Waals surface area contributed by atoms with Crippen LogP contribution in [0.4, 0.5) is 0 Å². The molecule has 0 fully saturated rings. The largest absolute Gasteiger partial charge is 0.494 e. The molecule has 0 radical (unpaired) electrons. The summed E-state index contributed by atoms with van der Waals surface area (Å²) < 4.78 is 7.32. The van der Waals surface area contributed by atoms with E-state index in [4.69, 9.17) is 10.00 Å². The zero-order valence-corrected chi connectivity index (χ0v) is 13.7.